The number of esters is 2. The molecule has 7 nitrogen and oxygen atoms in total. The van der Waals surface area contributed by atoms with Crippen molar-refractivity contribution in [2.45, 2.75) is 33.8 Å². The van der Waals surface area contributed by atoms with Crippen LogP contribution >= 0.6 is 11.3 Å². The highest BCUT2D eigenvalue weighted by molar-refractivity contribution is 7.17. The second kappa shape index (κ2) is 10.7. The Balaban J connectivity index is 2.04. The van der Waals surface area contributed by atoms with Crippen LogP contribution in [0.3, 0.4) is 0 Å². The van der Waals surface area contributed by atoms with E-state index in [4.69, 9.17) is 9.47 Å². The maximum absolute atomic E-state index is 12.3. The van der Waals surface area contributed by atoms with Crippen molar-refractivity contribution in [3.8, 4) is 5.75 Å². The highest BCUT2D eigenvalue weighted by atomic mass is 32.1. The third kappa shape index (κ3) is 5.99. The molecule has 1 aromatic carbocycles. The van der Waals surface area contributed by atoms with Crippen LogP contribution in [0, 0.1) is 6.92 Å². The zero-order chi connectivity index (χ0) is 22.3. The molecule has 1 heterocycles. The van der Waals surface area contributed by atoms with E-state index in [1.54, 1.807) is 13.8 Å². The molecule has 1 aromatic heterocycles. The Morgan fingerprint density at radius 1 is 1.13 bits per heavy atom. The van der Waals surface area contributed by atoms with Gasteiger partial charge in [0, 0.05) is 4.88 Å². The van der Waals surface area contributed by atoms with Gasteiger partial charge in [-0.15, -0.1) is 11.3 Å². The molecule has 0 aliphatic heterocycles. The van der Waals surface area contributed by atoms with Gasteiger partial charge in [-0.3, -0.25) is 4.79 Å². The lowest BCUT2D eigenvalue weighted by Gasteiger charge is -2.09. The first-order chi connectivity index (χ1) is 14.3. The van der Waals surface area contributed by atoms with Crippen molar-refractivity contribution in [1.29, 1.82) is 0 Å². The summed E-state index contributed by atoms with van der Waals surface area (Å²) in [5.74, 6) is -2.29. The number of alkyl halides is 2. The molecule has 0 fully saturated rings. The molecule has 0 aliphatic carbocycles. The van der Waals surface area contributed by atoms with E-state index >= 15 is 0 Å². The highest BCUT2D eigenvalue weighted by Crippen LogP contribution is 2.34. The molecule has 162 valence electrons. The Morgan fingerprint density at radius 3 is 2.50 bits per heavy atom. The van der Waals surface area contributed by atoms with Gasteiger partial charge < -0.3 is 19.5 Å². The zero-order valence-corrected chi connectivity index (χ0v) is 17.4. The number of aryl methyl sites for hydroxylation is 1. The van der Waals surface area contributed by atoms with Crippen molar-refractivity contribution in [1.82, 2.24) is 0 Å². The number of carbonyl (C=O) groups excluding carboxylic acids is 3. The average Bonchev–Trinajstić information content (AvgIpc) is 3.01. The topological polar surface area (TPSA) is 90.9 Å². The summed E-state index contributed by atoms with van der Waals surface area (Å²) in [4.78, 5) is 37.5. The fourth-order valence-electron chi connectivity index (χ4n) is 2.61. The second-order valence-corrected chi connectivity index (χ2v) is 7.06. The molecule has 0 saturated carbocycles. The quantitative estimate of drug-likeness (QED) is 0.587. The van der Waals surface area contributed by atoms with Gasteiger partial charge in [0.1, 0.15) is 10.8 Å². The fraction of sp³-hybridized carbons (Fsp3) is 0.350. The third-order valence-electron chi connectivity index (χ3n) is 3.93. The maximum atomic E-state index is 12.3. The number of thiophene rings is 1. The lowest BCUT2D eigenvalue weighted by Crippen LogP contribution is -2.21. The van der Waals surface area contributed by atoms with E-state index in [0.29, 0.717) is 11.4 Å². The van der Waals surface area contributed by atoms with Crippen LogP contribution in [-0.2, 0) is 20.7 Å². The first kappa shape index (κ1) is 23.3. The number of rotatable bonds is 9. The Kier molecular flexibility index (Phi) is 8.28. The molecular formula is C20H21F2NO6S. The number of benzene rings is 1. The molecule has 0 aliphatic rings. The van der Waals surface area contributed by atoms with Crippen molar-refractivity contribution in [3.05, 3.63) is 45.8 Å². The highest BCUT2D eigenvalue weighted by Gasteiger charge is 2.23. The van der Waals surface area contributed by atoms with Crippen LogP contribution in [0.25, 0.3) is 0 Å². The Labute approximate surface area is 175 Å². The number of amides is 1. The van der Waals surface area contributed by atoms with Gasteiger partial charge >= 0.3 is 18.6 Å². The SMILES string of the molecule is CCOC(=O)c1c(NC(=O)COC(=O)c2cccc(OC(F)F)c2)sc(CC)c1C. The molecule has 0 radical (unpaired) electrons. The number of halogens is 2. The lowest BCUT2D eigenvalue weighted by atomic mass is 10.1. The van der Waals surface area contributed by atoms with Crippen LogP contribution in [0.15, 0.2) is 24.3 Å². The molecule has 1 N–H and O–H groups in total. The van der Waals surface area contributed by atoms with Gasteiger partial charge in [-0.25, -0.2) is 9.59 Å². The number of nitrogens with one attached hydrogen (secondary N) is 1. The van der Waals surface area contributed by atoms with Crippen molar-refractivity contribution in [2.75, 3.05) is 18.5 Å². The van der Waals surface area contributed by atoms with Gasteiger partial charge in [0.15, 0.2) is 6.61 Å². The average molecular weight is 441 g/mol. The molecule has 0 atom stereocenters. The van der Waals surface area contributed by atoms with Gasteiger partial charge in [-0.1, -0.05) is 13.0 Å². The molecular weight excluding hydrogens is 420 g/mol. The lowest BCUT2D eigenvalue weighted by molar-refractivity contribution is -0.119. The van der Waals surface area contributed by atoms with Crippen LogP contribution in [-0.4, -0.2) is 37.7 Å². The normalized spacial score (nSPS) is 10.6. The van der Waals surface area contributed by atoms with Crippen LogP contribution in [0.2, 0.25) is 0 Å². The van der Waals surface area contributed by atoms with Crippen molar-refractivity contribution in [3.63, 3.8) is 0 Å². The number of anilines is 1. The molecule has 0 unspecified atom stereocenters. The van der Waals surface area contributed by atoms with E-state index in [0.717, 1.165) is 16.5 Å². The van der Waals surface area contributed by atoms with Gasteiger partial charge in [-0.05, 0) is 44.0 Å². The first-order valence-electron chi connectivity index (χ1n) is 9.08. The molecule has 2 rings (SSSR count). The van der Waals surface area contributed by atoms with E-state index < -0.39 is 31.1 Å². The van der Waals surface area contributed by atoms with Crippen molar-refractivity contribution < 1.29 is 37.4 Å². The summed E-state index contributed by atoms with van der Waals surface area (Å²) in [6.07, 6.45) is 0.671. The summed E-state index contributed by atoms with van der Waals surface area (Å²) < 4.78 is 38.8. The molecule has 0 saturated heterocycles. The number of hydrogen-bond acceptors (Lipinski definition) is 7. The van der Waals surface area contributed by atoms with E-state index in [2.05, 4.69) is 10.1 Å². The van der Waals surface area contributed by atoms with Crippen LogP contribution in [0.4, 0.5) is 13.8 Å². The monoisotopic (exact) mass is 441 g/mol. The van der Waals surface area contributed by atoms with E-state index in [1.165, 1.54) is 29.5 Å². The fourth-order valence-corrected chi connectivity index (χ4v) is 3.76. The predicted molar refractivity (Wildman–Crippen MR) is 106 cm³/mol. The first-order valence-corrected chi connectivity index (χ1v) is 9.89. The minimum Gasteiger partial charge on any atom is -0.462 e. The summed E-state index contributed by atoms with van der Waals surface area (Å²) in [6.45, 7) is 1.91. The van der Waals surface area contributed by atoms with Gasteiger partial charge in [0.05, 0.1) is 17.7 Å². The van der Waals surface area contributed by atoms with Gasteiger partial charge in [-0.2, -0.15) is 8.78 Å². The molecule has 30 heavy (non-hydrogen) atoms. The second-order valence-electron chi connectivity index (χ2n) is 5.96. The molecule has 0 spiro atoms. The van der Waals surface area contributed by atoms with E-state index in [9.17, 15) is 23.2 Å². The van der Waals surface area contributed by atoms with Crippen LogP contribution in [0.5, 0.6) is 5.75 Å². The standard InChI is InChI=1S/C20H21F2NO6S/c1-4-14-11(3)16(19(26)27-5-2)17(30-14)23-15(24)10-28-18(25)12-7-6-8-13(9-12)29-20(21)22/h6-9,20H,4-5,10H2,1-3H3,(H,23,24). The molecule has 1 amide bonds. The number of ether oxygens (including phenoxy) is 3. The largest absolute Gasteiger partial charge is 0.462 e. The third-order valence-corrected chi connectivity index (χ3v) is 5.28. The summed E-state index contributed by atoms with van der Waals surface area (Å²) in [6, 6.07) is 5.03. The molecule has 0 bridgehead atoms. The zero-order valence-electron chi connectivity index (χ0n) is 16.6. The Bertz CT molecular complexity index is 928. The maximum Gasteiger partial charge on any atom is 0.387 e. The van der Waals surface area contributed by atoms with Crippen molar-refractivity contribution >= 4 is 34.2 Å². The number of carbonyl (C=O) groups is 3. The van der Waals surface area contributed by atoms with Crippen molar-refractivity contribution in [2.24, 2.45) is 0 Å². The van der Waals surface area contributed by atoms with Crippen LogP contribution in [0.1, 0.15) is 45.0 Å². The smallest absolute Gasteiger partial charge is 0.387 e. The summed E-state index contributed by atoms with van der Waals surface area (Å²) in [5.41, 5.74) is 0.952. The minimum atomic E-state index is -3.03. The summed E-state index contributed by atoms with van der Waals surface area (Å²) >= 11 is 1.25. The van der Waals surface area contributed by atoms with E-state index in [-0.39, 0.29) is 23.5 Å². The minimum absolute atomic E-state index is 0.0478. The predicted octanol–water partition coefficient (Wildman–Crippen LogP) is 4.19. The van der Waals surface area contributed by atoms with E-state index in [1.807, 2.05) is 6.92 Å². The Hall–Kier alpha value is -3.01. The van der Waals surface area contributed by atoms with Gasteiger partial charge in [0.25, 0.3) is 5.91 Å². The molecule has 10 heteroatoms. The molecule has 2 aromatic rings. The summed E-state index contributed by atoms with van der Waals surface area (Å²) in [7, 11) is 0. The van der Waals surface area contributed by atoms with Gasteiger partial charge in [0.2, 0.25) is 0 Å². The number of hydrogen-bond donors (Lipinski definition) is 1. The van der Waals surface area contributed by atoms with Crippen LogP contribution < -0.4 is 10.1 Å². The summed E-state index contributed by atoms with van der Waals surface area (Å²) in [5, 5.41) is 2.88. The Morgan fingerprint density at radius 2 is 1.87 bits per heavy atom.